The monoisotopic (exact) mass is 350 g/mol. The van der Waals surface area contributed by atoms with Gasteiger partial charge in [-0.05, 0) is 47.3 Å². The summed E-state index contributed by atoms with van der Waals surface area (Å²) in [6.07, 6.45) is 14.0. The van der Waals surface area contributed by atoms with Crippen molar-refractivity contribution in [2.24, 2.45) is 59.2 Å². The standard InChI is InChI=1S/C22H22O4/c1-25-21(23)18-12-7-8-13(19(18)22(24)26-2)17-16(12)14-9-3-5-10-11(6-4-9)15(10)20(14)17/h3-17,20H,1-2H3/t9?,10-,11+,12-,13-,14-,15?,16+,17+,20-/m0/s1. The van der Waals surface area contributed by atoms with E-state index in [9.17, 15) is 9.59 Å². The zero-order valence-electron chi connectivity index (χ0n) is 14.9. The minimum absolute atomic E-state index is 0.00782. The van der Waals surface area contributed by atoms with Crippen LogP contribution >= 0.6 is 0 Å². The highest BCUT2D eigenvalue weighted by molar-refractivity contribution is 6.02. The average Bonchev–Trinajstić information content (AvgIpc) is 3.39. The molecule has 0 aromatic carbocycles. The molecule has 0 spiro atoms. The van der Waals surface area contributed by atoms with Gasteiger partial charge in [0.15, 0.2) is 0 Å². The van der Waals surface area contributed by atoms with Gasteiger partial charge in [-0.3, -0.25) is 0 Å². The second kappa shape index (κ2) is 4.79. The van der Waals surface area contributed by atoms with Crippen molar-refractivity contribution in [2.45, 2.75) is 0 Å². The van der Waals surface area contributed by atoms with Crippen molar-refractivity contribution in [1.82, 2.24) is 0 Å². The molecule has 6 bridgehead atoms. The summed E-state index contributed by atoms with van der Waals surface area (Å²) in [7, 11) is 2.79. The Bertz CT molecular complexity index is 826. The molecule has 2 saturated carbocycles. The van der Waals surface area contributed by atoms with Crippen LogP contribution in [0, 0.1) is 59.2 Å². The topological polar surface area (TPSA) is 52.6 Å². The molecule has 8 rings (SSSR count). The molecule has 4 nitrogen and oxygen atoms in total. The highest BCUT2D eigenvalue weighted by atomic mass is 16.5. The minimum Gasteiger partial charge on any atom is -0.466 e. The van der Waals surface area contributed by atoms with Crippen molar-refractivity contribution in [1.29, 1.82) is 0 Å². The molecule has 10 atom stereocenters. The lowest BCUT2D eigenvalue weighted by Gasteiger charge is -2.63. The van der Waals surface area contributed by atoms with Gasteiger partial charge in [-0.25, -0.2) is 9.59 Å². The van der Waals surface area contributed by atoms with E-state index in [2.05, 4.69) is 36.5 Å². The van der Waals surface area contributed by atoms with Gasteiger partial charge in [0.2, 0.25) is 0 Å². The van der Waals surface area contributed by atoms with E-state index in [0.717, 1.165) is 5.92 Å². The summed E-state index contributed by atoms with van der Waals surface area (Å²) >= 11 is 0. The van der Waals surface area contributed by atoms with Gasteiger partial charge >= 0.3 is 11.9 Å². The Hall–Kier alpha value is -2.10. The largest absolute Gasteiger partial charge is 0.466 e. The summed E-state index contributed by atoms with van der Waals surface area (Å²) in [5.74, 6) is 3.87. The van der Waals surface area contributed by atoms with Crippen LogP contribution in [0.15, 0.2) is 47.6 Å². The van der Waals surface area contributed by atoms with E-state index in [0.29, 0.717) is 52.6 Å². The number of carbonyl (C=O) groups excluding carboxylic acids is 2. The fraction of sp³-hybridized carbons (Fsp3) is 0.545. The van der Waals surface area contributed by atoms with Gasteiger partial charge in [0, 0.05) is 11.8 Å². The van der Waals surface area contributed by atoms with E-state index in [1.165, 1.54) is 14.2 Å². The number of esters is 2. The Morgan fingerprint density at radius 3 is 1.65 bits per heavy atom. The number of allylic oxidation sites excluding steroid dienone is 6. The molecular weight excluding hydrogens is 328 g/mol. The van der Waals surface area contributed by atoms with Crippen LogP contribution in [0.25, 0.3) is 0 Å². The van der Waals surface area contributed by atoms with Gasteiger partial charge in [-0.2, -0.15) is 0 Å². The molecule has 0 amide bonds. The lowest BCUT2D eigenvalue weighted by atomic mass is 9.40. The molecule has 8 aliphatic carbocycles. The van der Waals surface area contributed by atoms with Gasteiger partial charge in [0.25, 0.3) is 0 Å². The molecule has 8 aliphatic rings. The van der Waals surface area contributed by atoms with E-state index in [1.807, 2.05) is 0 Å². The number of rotatable bonds is 2. The van der Waals surface area contributed by atoms with Crippen LogP contribution < -0.4 is 0 Å². The number of ether oxygens (including phenoxy) is 2. The quantitative estimate of drug-likeness (QED) is 0.567. The normalized spacial score (nSPS) is 50.4. The summed E-state index contributed by atoms with van der Waals surface area (Å²) in [6.45, 7) is 0. The van der Waals surface area contributed by atoms with Gasteiger partial charge in [0.1, 0.15) is 0 Å². The van der Waals surface area contributed by atoms with E-state index < -0.39 is 0 Å². The Balaban J connectivity index is 1.49. The first kappa shape index (κ1) is 15.0. The Kier molecular flexibility index (Phi) is 2.76. The molecule has 134 valence electrons. The number of methoxy groups -OCH3 is 2. The first-order valence-corrected chi connectivity index (χ1v) is 9.63. The lowest BCUT2D eigenvalue weighted by molar-refractivity contribution is -0.147. The lowest BCUT2D eigenvalue weighted by Crippen LogP contribution is -2.61. The third-order valence-corrected chi connectivity index (χ3v) is 8.09. The van der Waals surface area contributed by atoms with Crippen LogP contribution in [0.3, 0.4) is 0 Å². The predicted octanol–water partition coefficient (Wildman–Crippen LogP) is 2.54. The molecule has 0 aromatic rings. The zero-order valence-corrected chi connectivity index (χ0v) is 14.9. The minimum atomic E-state index is -0.375. The molecule has 0 aromatic heterocycles. The zero-order chi connectivity index (χ0) is 17.7. The SMILES string of the molecule is COC(=O)C1=C(C(=O)OC)[C@H]2C=C[C@H]1[C@@H]1[C@@H]3C4C=C[C@@H]5C([C@H]3[C@@H]12)[C@@H]5C=C4. The highest BCUT2D eigenvalue weighted by Gasteiger charge is 2.71. The molecule has 0 N–H and O–H groups in total. The molecule has 2 fully saturated rings. The third kappa shape index (κ3) is 1.54. The predicted molar refractivity (Wildman–Crippen MR) is 93.4 cm³/mol. The van der Waals surface area contributed by atoms with Crippen molar-refractivity contribution in [2.75, 3.05) is 14.2 Å². The van der Waals surface area contributed by atoms with E-state index in [1.54, 1.807) is 0 Å². The van der Waals surface area contributed by atoms with Crippen LogP contribution in [-0.2, 0) is 19.1 Å². The molecule has 26 heavy (non-hydrogen) atoms. The maximum Gasteiger partial charge on any atom is 0.334 e. The first-order valence-electron chi connectivity index (χ1n) is 9.63. The summed E-state index contributed by atoms with van der Waals surface area (Å²) in [5, 5.41) is 0. The first-order chi connectivity index (χ1) is 12.7. The summed E-state index contributed by atoms with van der Waals surface area (Å²) < 4.78 is 10.1. The maximum absolute atomic E-state index is 12.6. The molecular formula is C22H22O4. The molecule has 0 aliphatic heterocycles. The Labute approximate surface area is 152 Å². The van der Waals surface area contributed by atoms with Gasteiger partial charge in [-0.15, -0.1) is 0 Å². The fourth-order valence-corrected chi connectivity index (χ4v) is 7.25. The Morgan fingerprint density at radius 2 is 1.15 bits per heavy atom. The van der Waals surface area contributed by atoms with Crippen LogP contribution in [0.4, 0.5) is 0 Å². The van der Waals surface area contributed by atoms with Crippen molar-refractivity contribution in [3.63, 3.8) is 0 Å². The van der Waals surface area contributed by atoms with Gasteiger partial charge < -0.3 is 9.47 Å². The van der Waals surface area contributed by atoms with Crippen LogP contribution in [-0.4, -0.2) is 26.2 Å². The van der Waals surface area contributed by atoms with Crippen molar-refractivity contribution in [3.8, 4) is 0 Å². The van der Waals surface area contributed by atoms with Gasteiger partial charge in [0.05, 0.1) is 25.4 Å². The number of hydrogen-bond acceptors (Lipinski definition) is 4. The molecule has 0 radical (unpaired) electrons. The van der Waals surface area contributed by atoms with Crippen molar-refractivity contribution < 1.29 is 19.1 Å². The Morgan fingerprint density at radius 1 is 0.654 bits per heavy atom. The van der Waals surface area contributed by atoms with Crippen LogP contribution in [0.1, 0.15) is 0 Å². The van der Waals surface area contributed by atoms with Crippen molar-refractivity contribution in [3.05, 3.63) is 47.6 Å². The molecule has 2 unspecified atom stereocenters. The van der Waals surface area contributed by atoms with E-state index >= 15 is 0 Å². The molecule has 4 heteroatoms. The number of carbonyl (C=O) groups is 2. The fourth-order valence-electron chi connectivity index (χ4n) is 7.25. The van der Waals surface area contributed by atoms with Crippen LogP contribution in [0.2, 0.25) is 0 Å². The van der Waals surface area contributed by atoms with E-state index in [-0.39, 0.29) is 23.8 Å². The van der Waals surface area contributed by atoms with Gasteiger partial charge in [-0.1, -0.05) is 36.5 Å². The van der Waals surface area contributed by atoms with Crippen LogP contribution in [0.5, 0.6) is 0 Å². The second-order valence-electron chi connectivity index (χ2n) is 8.64. The van der Waals surface area contributed by atoms with Crippen molar-refractivity contribution >= 4 is 11.9 Å². The molecule has 0 saturated heterocycles. The molecule has 0 heterocycles. The van der Waals surface area contributed by atoms with E-state index in [4.69, 9.17) is 9.47 Å². The average molecular weight is 350 g/mol. The summed E-state index contributed by atoms with van der Waals surface area (Å²) in [6, 6.07) is 0. The second-order valence-corrected chi connectivity index (χ2v) is 8.64. The number of hydrogen-bond donors (Lipinski definition) is 0. The third-order valence-electron chi connectivity index (χ3n) is 8.09. The summed E-state index contributed by atoms with van der Waals surface area (Å²) in [5.41, 5.74) is 1.10. The highest BCUT2D eigenvalue weighted by Crippen LogP contribution is 2.74. The maximum atomic E-state index is 12.6. The summed E-state index contributed by atoms with van der Waals surface area (Å²) in [4.78, 5) is 25.2. The smallest absolute Gasteiger partial charge is 0.334 e.